The lowest BCUT2D eigenvalue weighted by atomic mass is 10.0. The van der Waals surface area contributed by atoms with Crippen LogP contribution in [-0.4, -0.2) is 21.4 Å². The number of benzene rings is 2. The molecule has 3 aromatic rings. The smallest absolute Gasteiger partial charge is 0.387 e. The monoisotopic (exact) mass is 448 g/mol. The normalized spacial score (nSPS) is 16.0. The van der Waals surface area contributed by atoms with E-state index in [2.05, 4.69) is 15.6 Å². The van der Waals surface area contributed by atoms with Crippen LogP contribution in [0.25, 0.3) is 0 Å². The van der Waals surface area contributed by atoms with E-state index < -0.39 is 17.6 Å². The molecule has 4 rings (SSSR count). The Bertz CT molecular complexity index is 1160. The Morgan fingerprint density at radius 1 is 1.19 bits per heavy atom. The first-order chi connectivity index (χ1) is 14.7. The van der Waals surface area contributed by atoms with Gasteiger partial charge in [-0.1, -0.05) is 35.0 Å². The second kappa shape index (κ2) is 8.07. The summed E-state index contributed by atoms with van der Waals surface area (Å²) in [6, 6.07) is 13.2. The van der Waals surface area contributed by atoms with E-state index in [9.17, 15) is 18.0 Å². The van der Waals surface area contributed by atoms with Crippen LogP contribution in [0.4, 0.5) is 18.9 Å². The molecule has 1 N–H and O–H groups in total. The van der Waals surface area contributed by atoms with Crippen LogP contribution < -0.4 is 5.32 Å². The number of amides is 1. The van der Waals surface area contributed by atoms with Crippen molar-refractivity contribution in [2.45, 2.75) is 18.7 Å². The number of carbonyl (C=O) groups excluding carboxylic acids is 1. The molecule has 2 heterocycles. The van der Waals surface area contributed by atoms with E-state index in [1.807, 2.05) is 12.1 Å². The maximum Gasteiger partial charge on any atom is 0.416 e. The quantitative estimate of drug-likeness (QED) is 0.595. The molecule has 1 unspecified atom stereocenters. The summed E-state index contributed by atoms with van der Waals surface area (Å²) in [4.78, 5) is 18.1. The number of aryl methyl sites for hydroxylation is 1. The van der Waals surface area contributed by atoms with Gasteiger partial charge in [-0.2, -0.15) is 18.3 Å². The molecule has 160 valence electrons. The van der Waals surface area contributed by atoms with E-state index in [1.54, 1.807) is 19.2 Å². The number of alkyl halides is 3. The fourth-order valence-corrected chi connectivity index (χ4v) is 3.30. The zero-order chi connectivity index (χ0) is 22.2. The van der Waals surface area contributed by atoms with Crippen molar-refractivity contribution in [3.63, 3.8) is 0 Å². The molecule has 31 heavy (non-hydrogen) atoms. The maximum atomic E-state index is 12.9. The van der Waals surface area contributed by atoms with Crippen LogP contribution in [0.5, 0.6) is 0 Å². The molecule has 0 aliphatic carbocycles. The van der Waals surface area contributed by atoms with E-state index in [4.69, 9.17) is 16.4 Å². The lowest BCUT2D eigenvalue weighted by Gasteiger charge is -2.09. The van der Waals surface area contributed by atoms with E-state index in [0.29, 0.717) is 22.8 Å². The molecule has 1 aromatic heterocycles. The van der Waals surface area contributed by atoms with Gasteiger partial charge in [0.2, 0.25) is 0 Å². The minimum absolute atomic E-state index is 0.0342. The van der Waals surface area contributed by atoms with Crippen molar-refractivity contribution in [2.75, 3.05) is 5.32 Å². The summed E-state index contributed by atoms with van der Waals surface area (Å²) in [6.45, 7) is 0. The SMILES string of the molecule is Cn1nc(C2=NOC(c3ccc(Cl)cc3)C2)cc1C(=O)Nc1cccc(C(F)(F)F)c1. The van der Waals surface area contributed by atoms with Crippen molar-refractivity contribution in [3.05, 3.63) is 82.1 Å². The van der Waals surface area contributed by atoms with E-state index >= 15 is 0 Å². The minimum Gasteiger partial charge on any atom is -0.387 e. The molecule has 0 radical (unpaired) electrons. The van der Waals surface area contributed by atoms with Crippen molar-refractivity contribution in [1.29, 1.82) is 0 Å². The molecule has 1 aliphatic heterocycles. The van der Waals surface area contributed by atoms with Gasteiger partial charge in [0.1, 0.15) is 17.1 Å². The number of rotatable bonds is 4. The summed E-state index contributed by atoms with van der Waals surface area (Å²) in [7, 11) is 1.57. The molecule has 0 fully saturated rings. The summed E-state index contributed by atoms with van der Waals surface area (Å²) >= 11 is 5.91. The number of oxime groups is 1. The molecule has 0 spiro atoms. The van der Waals surface area contributed by atoms with Gasteiger partial charge in [-0.05, 0) is 42.0 Å². The Kier molecular flexibility index (Phi) is 5.45. The molecule has 10 heteroatoms. The molecule has 2 aromatic carbocycles. The predicted octanol–water partition coefficient (Wildman–Crippen LogP) is 5.21. The number of hydrogen-bond acceptors (Lipinski definition) is 4. The van der Waals surface area contributed by atoms with Crippen LogP contribution in [0.1, 0.15) is 39.8 Å². The highest BCUT2D eigenvalue weighted by Crippen LogP contribution is 2.31. The molecule has 0 saturated heterocycles. The Morgan fingerprint density at radius 3 is 2.65 bits per heavy atom. The first-order valence-electron chi connectivity index (χ1n) is 9.22. The van der Waals surface area contributed by atoms with Crippen LogP contribution in [-0.2, 0) is 18.1 Å². The summed E-state index contributed by atoms with van der Waals surface area (Å²) in [6.07, 6.45) is -4.34. The number of halogens is 4. The van der Waals surface area contributed by atoms with Gasteiger partial charge in [0, 0.05) is 24.2 Å². The number of carbonyl (C=O) groups is 1. The Hall–Kier alpha value is -3.33. The molecular weight excluding hydrogens is 433 g/mol. The lowest BCUT2D eigenvalue weighted by Crippen LogP contribution is -2.16. The van der Waals surface area contributed by atoms with Gasteiger partial charge in [0.05, 0.1) is 5.56 Å². The van der Waals surface area contributed by atoms with Crippen molar-refractivity contribution in [1.82, 2.24) is 9.78 Å². The van der Waals surface area contributed by atoms with Crippen LogP contribution in [0, 0.1) is 0 Å². The lowest BCUT2D eigenvalue weighted by molar-refractivity contribution is -0.137. The standard InChI is InChI=1S/C21H16ClF3N4O2/c1-29-18(20(30)26-15-4-2-3-13(9-15)21(23,24)25)10-16(27-29)17-11-19(31-28-17)12-5-7-14(22)8-6-12/h2-10,19H,11H2,1H3,(H,26,30). The largest absolute Gasteiger partial charge is 0.416 e. The Morgan fingerprint density at radius 2 is 1.94 bits per heavy atom. The van der Waals surface area contributed by atoms with Crippen LogP contribution in [0.2, 0.25) is 5.02 Å². The summed E-state index contributed by atoms with van der Waals surface area (Å²) in [5, 5.41) is 11.5. The molecule has 1 amide bonds. The summed E-state index contributed by atoms with van der Waals surface area (Å²) < 4.78 is 40.0. The van der Waals surface area contributed by atoms with E-state index in [0.717, 1.165) is 17.7 Å². The number of hydrogen-bond donors (Lipinski definition) is 1. The zero-order valence-corrected chi connectivity index (χ0v) is 16.9. The third-order valence-electron chi connectivity index (χ3n) is 4.77. The van der Waals surface area contributed by atoms with Crippen LogP contribution >= 0.6 is 11.6 Å². The number of nitrogens with one attached hydrogen (secondary N) is 1. The van der Waals surface area contributed by atoms with Gasteiger partial charge >= 0.3 is 6.18 Å². The highest BCUT2D eigenvalue weighted by atomic mass is 35.5. The van der Waals surface area contributed by atoms with Gasteiger partial charge in [0.25, 0.3) is 5.91 Å². The van der Waals surface area contributed by atoms with Crippen molar-refractivity contribution >= 4 is 28.9 Å². The number of nitrogens with zero attached hydrogens (tertiary/aromatic N) is 3. The number of aromatic nitrogens is 2. The Labute approximate surface area is 180 Å². The van der Waals surface area contributed by atoms with E-state index in [-0.39, 0.29) is 17.5 Å². The third-order valence-corrected chi connectivity index (χ3v) is 5.02. The third kappa shape index (κ3) is 4.56. The highest BCUT2D eigenvalue weighted by Gasteiger charge is 2.31. The predicted molar refractivity (Wildman–Crippen MR) is 109 cm³/mol. The minimum atomic E-state index is -4.50. The summed E-state index contributed by atoms with van der Waals surface area (Å²) in [5.41, 5.74) is 1.28. The van der Waals surface area contributed by atoms with Crippen molar-refractivity contribution in [3.8, 4) is 0 Å². The Balaban J connectivity index is 1.48. The molecule has 1 aliphatic rings. The second-order valence-electron chi connectivity index (χ2n) is 6.96. The molecule has 1 atom stereocenters. The first-order valence-corrected chi connectivity index (χ1v) is 9.59. The van der Waals surface area contributed by atoms with Gasteiger partial charge in [-0.3, -0.25) is 9.48 Å². The molecule has 6 nitrogen and oxygen atoms in total. The summed E-state index contributed by atoms with van der Waals surface area (Å²) in [5.74, 6) is -0.589. The van der Waals surface area contributed by atoms with Crippen LogP contribution in [0.3, 0.4) is 0 Å². The first kappa shape index (κ1) is 20.9. The molecule has 0 saturated carbocycles. The fraction of sp³-hybridized carbons (Fsp3) is 0.190. The highest BCUT2D eigenvalue weighted by molar-refractivity contribution is 6.30. The topological polar surface area (TPSA) is 68.5 Å². The second-order valence-corrected chi connectivity index (χ2v) is 7.40. The molecular formula is C21H16ClF3N4O2. The van der Waals surface area contributed by atoms with E-state index in [1.165, 1.54) is 22.9 Å². The molecule has 0 bridgehead atoms. The maximum absolute atomic E-state index is 12.9. The zero-order valence-electron chi connectivity index (χ0n) is 16.2. The van der Waals surface area contributed by atoms with Crippen LogP contribution in [0.15, 0.2) is 59.8 Å². The fourth-order valence-electron chi connectivity index (χ4n) is 3.17. The van der Waals surface area contributed by atoms with Gasteiger partial charge in [-0.25, -0.2) is 0 Å². The van der Waals surface area contributed by atoms with Crippen molar-refractivity contribution < 1.29 is 22.8 Å². The average Bonchev–Trinajstić information content (AvgIpc) is 3.35. The van der Waals surface area contributed by atoms with Gasteiger partial charge < -0.3 is 10.2 Å². The van der Waals surface area contributed by atoms with Gasteiger partial charge in [-0.15, -0.1) is 0 Å². The average molecular weight is 449 g/mol. The number of anilines is 1. The van der Waals surface area contributed by atoms with Gasteiger partial charge in [0.15, 0.2) is 6.10 Å². The van der Waals surface area contributed by atoms with Crippen molar-refractivity contribution in [2.24, 2.45) is 12.2 Å².